The van der Waals surface area contributed by atoms with Crippen LogP contribution >= 0.6 is 0 Å². The van der Waals surface area contributed by atoms with Gasteiger partial charge in [-0.3, -0.25) is 4.99 Å². The number of piperazine rings is 1. The zero-order chi connectivity index (χ0) is 23.0. The van der Waals surface area contributed by atoms with E-state index in [2.05, 4.69) is 44.0 Å². The molecule has 3 heterocycles. The van der Waals surface area contributed by atoms with E-state index in [0.717, 1.165) is 24.2 Å². The van der Waals surface area contributed by atoms with Gasteiger partial charge >= 0.3 is 0 Å². The number of ether oxygens (including phenoxy) is 1. The summed E-state index contributed by atoms with van der Waals surface area (Å²) in [5.74, 6) is 0.734. The van der Waals surface area contributed by atoms with Gasteiger partial charge < -0.3 is 25.8 Å². The van der Waals surface area contributed by atoms with Gasteiger partial charge in [0.25, 0.3) is 0 Å². The predicted octanol–water partition coefficient (Wildman–Crippen LogP) is 2.53. The van der Waals surface area contributed by atoms with Gasteiger partial charge in [0.1, 0.15) is 5.75 Å². The van der Waals surface area contributed by atoms with Crippen molar-refractivity contribution < 1.29 is 9.84 Å². The molecule has 32 heavy (non-hydrogen) atoms. The van der Waals surface area contributed by atoms with Crippen LogP contribution in [0.25, 0.3) is 22.4 Å². The monoisotopic (exact) mass is 435 g/mol. The molecule has 4 N–H and O–H groups in total. The van der Waals surface area contributed by atoms with E-state index >= 15 is 0 Å². The smallest absolute Gasteiger partial charge is 0.226 e. The summed E-state index contributed by atoms with van der Waals surface area (Å²) in [7, 11) is 3.23. The van der Waals surface area contributed by atoms with Crippen LogP contribution in [0.2, 0.25) is 0 Å². The largest absolute Gasteiger partial charge is 0.507 e. The standard InChI is InChI=1S/C23H29N7O2/c1-12-10-30(11-13(2)27-12)16-7-18-21(26-9-16)28-22(29-23(18)32-5)17-6-15(8-25-4)19(24)14(3)20(17)31/h6-9,12-13,27,31H,10-11,24H2,1-5H3. The van der Waals surface area contributed by atoms with E-state index in [4.69, 9.17) is 10.5 Å². The Balaban J connectivity index is 1.83. The lowest BCUT2D eigenvalue weighted by Crippen LogP contribution is -2.54. The lowest BCUT2D eigenvalue weighted by Gasteiger charge is -2.37. The molecule has 4 rings (SSSR count). The van der Waals surface area contributed by atoms with Gasteiger partial charge in [-0.05, 0) is 32.9 Å². The molecule has 2 unspecified atom stereocenters. The van der Waals surface area contributed by atoms with E-state index < -0.39 is 0 Å². The van der Waals surface area contributed by atoms with Crippen LogP contribution in [0, 0.1) is 6.92 Å². The Bertz CT molecular complexity index is 1180. The van der Waals surface area contributed by atoms with Crippen LogP contribution in [0.3, 0.4) is 0 Å². The second kappa shape index (κ2) is 8.58. The number of nitrogens with zero attached hydrogens (tertiary/aromatic N) is 5. The Kier molecular flexibility index (Phi) is 5.84. The zero-order valence-electron chi connectivity index (χ0n) is 19.0. The Morgan fingerprint density at radius 2 is 1.97 bits per heavy atom. The molecule has 9 heteroatoms. The number of nitrogen functional groups attached to an aromatic ring is 1. The van der Waals surface area contributed by atoms with Crippen molar-refractivity contribution in [3.63, 3.8) is 0 Å². The Labute approximate surface area is 187 Å². The SMILES string of the molecule is CN=Cc1cc(-c2nc(OC)c3cc(N4CC(C)NC(C)C4)cnc3n2)c(O)c(C)c1N. The molecule has 0 bridgehead atoms. The van der Waals surface area contributed by atoms with Crippen LogP contribution in [-0.4, -0.2) is 65.6 Å². The average Bonchev–Trinajstić information content (AvgIpc) is 2.77. The fourth-order valence-electron chi connectivity index (χ4n) is 4.23. The van der Waals surface area contributed by atoms with E-state index in [0.29, 0.717) is 51.8 Å². The van der Waals surface area contributed by atoms with Crippen LogP contribution in [0.4, 0.5) is 11.4 Å². The van der Waals surface area contributed by atoms with Crippen molar-refractivity contribution in [2.24, 2.45) is 4.99 Å². The lowest BCUT2D eigenvalue weighted by molar-refractivity contribution is 0.402. The maximum Gasteiger partial charge on any atom is 0.226 e. The van der Waals surface area contributed by atoms with E-state index in [-0.39, 0.29) is 5.75 Å². The molecule has 3 aromatic rings. The molecule has 1 aromatic carbocycles. The number of aliphatic imine (C=N–C) groups is 1. The summed E-state index contributed by atoms with van der Waals surface area (Å²) in [5.41, 5.74) is 9.77. The number of aromatic hydroxyl groups is 1. The highest BCUT2D eigenvalue weighted by Gasteiger charge is 2.23. The molecule has 0 saturated carbocycles. The summed E-state index contributed by atoms with van der Waals surface area (Å²) < 4.78 is 5.59. The van der Waals surface area contributed by atoms with Crippen LogP contribution in [-0.2, 0) is 0 Å². The van der Waals surface area contributed by atoms with Crippen LogP contribution < -0.4 is 20.7 Å². The summed E-state index contributed by atoms with van der Waals surface area (Å²) >= 11 is 0. The summed E-state index contributed by atoms with van der Waals surface area (Å²) in [4.78, 5) is 20.2. The molecule has 9 nitrogen and oxygen atoms in total. The number of fused-ring (bicyclic) bond motifs is 1. The number of methoxy groups -OCH3 is 1. The molecular weight excluding hydrogens is 406 g/mol. The summed E-state index contributed by atoms with van der Waals surface area (Å²) in [6.45, 7) is 7.87. The molecule has 2 atom stereocenters. The molecular formula is C23H29N7O2. The molecule has 1 fully saturated rings. The van der Waals surface area contributed by atoms with Gasteiger partial charge in [0.2, 0.25) is 5.88 Å². The minimum Gasteiger partial charge on any atom is -0.507 e. The van der Waals surface area contributed by atoms with Crippen LogP contribution in [0.15, 0.2) is 23.3 Å². The third-order valence-electron chi connectivity index (χ3n) is 5.75. The fraction of sp³-hybridized carbons (Fsp3) is 0.391. The first kappa shape index (κ1) is 21.8. The Morgan fingerprint density at radius 1 is 1.25 bits per heavy atom. The summed E-state index contributed by atoms with van der Waals surface area (Å²) in [6.07, 6.45) is 3.47. The highest BCUT2D eigenvalue weighted by molar-refractivity contribution is 5.93. The first-order valence-corrected chi connectivity index (χ1v) is 10.6. The molecule has 2 aromatic heterocycles. The van der Waals surface area contributed by atoms with Crippen molar-refractivity contribution in [3.05, 3.63) is 29.5 Å². The number of nitrogens with one attached hydrogen (secondary N) is 1. The Hall–Kier alpha value is -3.46. The summed E-state index contributed by atoms with van der Waals surface area (Å²) in [5, 5.41) is 15.0. The number of pyridine rings is 1. The lowest BCUT2D eigenvalue weighted by atomic mass is 10.0. The van der Waals surface area contributed by atoms with Gasteiger partial charge in [-0.15, -0.1) is 0 Å². The first-order valence-electron chi connectivity index (χ1n) is 10.6. The third-order valence-corrected chi connectivity index (χ3v) is 5.75. The van der Waals surface area contributed by atoms with Crippen LogP contribution in [0.1, 0.15) is 25.0 Å². The number of aromatic nitrogens is 3. The van der Waals surface area contributed by atoms with E-state index in [9.17, 15) is 5.11 Å². The molecule has 1 aliphatic heterocycles. The zero-order valence-corrected chi connectivity index (χ0v) is 19.0. The highest BCUT2D eigenvalue weighted by atomic mass is 16.5. The third kappa shape index (κ3) is 3.91. The van der Waals surface area contributed by atoms with Crippen molar-refractivity contribution in [1.82, 2.24) is 20.3 Å². The second-order valence-corrected chi connectivity index (χ2v) is 8.28. The molecule has 0 aliphatic carbocycles. The molecule has 0 spiro atoms. The fourth-order valence-corrected chi connectivity index (χ4v) is 4.23. The quantitative estimate of drug-likeness (QED) is 0.422. The maximum atomic E-state index is 10.7. The van der Waals surface area contributed by atoms with Crippen LogP contribution in [0.5, 0.6) is 11.6 Å². The number of rotatable bonds is 4. The normalized spacial score (nSPS) is 19.1. The Morgan fingerprint density at radius 3 is 2.62 bits per heavy atom. The number of phenols is 1. The van der Waals surface area contributed by atoms with E-state index in [1.54, 1.807) is 33.4 Å². The number of hydrogen-bond acceptors (Lipinski definition) is 9. The minimum atomic E-state index is 0.0255. The van der Waals surface area contributed by atoms with Crippen molar-refractivity contribution in [2.75, 3.05) is 37.9 Å². The molecule has 1 saturated heterocycles. The van der Waals surface area contributed by atoms with Gasteiger partial charge in [-0.1, -0.05) is 0 Å². The molecule has 0 amide bonds. The van der Waals surface area contributed by atoms with E-state index in [1.165, 1.54) is 0 Å². The van der Waals surface area contributed by atoms with Gasteiger partial charge in [-0.2, -0.15) is 4.98 Å². The second-order valence-electron chi connectivity index (χ2n) is 8.28. The van der Waals surface area contributed by atoms with Crippen molar-refractivity contribution >= 4 is 28.6 Å². The van der Waals surface area contributed by atoms with Crippen molar-refractivity contribution in [3.8, 4) is 23.0 Å². The van der Waals surface area contributed by atoms with E-state index in [1.807, 2.05) is 12.3 Å². The topological polar surface area (TPSA) is 122 Å². The number of phenolic OH excluding ortho intramolecular Hbond substituents is 1. The summed E-state index contributed by atoms with van der Waals surface area (Å²) in [6, 6.07) is 4.50. The van der Waals surface area contributed by atoms with Crippen molar-refractivity contribution in [2.45, 2.75) is 32.9 Å². The predicted molar refractivity (Wildman–Crippen MR) is 128 cm³/mol. The average molecular weight is 436 g/mol. The number of benzene rings is 1. The number of anilines is 2. The highest BCUT2D eigenvalue weighted by Crippen LogP contribution is 2.37. The minimum absolute atomic E-state index is 0.0255. The molecule has 168 valence electrons. The number of hydrogen-bond donors (Lipinski definition) is 3. The van der Waals surface area contributed by atoms with Crippen molar-refractivity contribution in [1.29, 1.82) is 0 Å². The number of nitrogens with two attached hydrogens (primary N) is 1. The maximum absolute atomic E-state index is 10.7. The molecule has 0 radical (unpaired) electrons. The van der Waals surface area contributed by atoms with Gasteiger partial charge in [-0.25, -0.2) is 9.97 Å². The molecule has 1 aliphatic rings. The first-order chi connectivity index (χ1) is 15.3. The van der Waals surface area contributed by atoms with Gasteiger partial charge in [0, 0.05) is 55.2 Å². The van der Waals surface area contributed by atoms with Gasteiger partial charge in [0.15, 0.2) is 11.5 Å². The van der Waals surface area contributed by atoms with Gasteiger partial charge in [0.05, 0.1) is 29.9 Å².